The molecule has 6 aromatic carbocycles. The number of hydrogen-bond donors (Lipinski definition) is 0. The van der Waals surface area contributed by atoms with E-state index in [1.54, 1.807) is 0 Å². The average Bonchev–Trinajstić information content (AvgIpc) is 3.71. The van der Waals surface area contributed by atoms with Gasteiger partial charge in [-0.25, -0.2) is 0 Å². The summed E-state index contributed by atoms with van der Waals surface area (Å²) in [6, 6.07) is 60.7. The number of para-hydroxylation sites is 2. The lowest BCUT2D eigenvalue weighted by molar-refractivity contribution is 1.18. The molecule has 4 nitrogen and oxygen atoms in total. The fourth-order valence-corrected chi connectivity index (χ4v) is 7.49. The van der Waals surface area contributed by atoms with E-state index in [1.165, 1.54) is 54.7 Å². The van der Waals surface area contributed by atoms with E-state index >= 15 is 0 Å². The Bertz CT molecular complexity index is 2630. The van der Waals surface area contributed by atoms with Gasteiger partial charge in [-0.1, -0.05) is 97.1 Å². The molecular formula is C46H30N4. The van der Waals surface area contributed by atoms with E-state index in [2.05, 4.69) is 165 Å². The van der Waals surface area contributed by atoms with Crippen molar-refractivity contribution in [2.75, 3.05) is 0 Å². The Labute approximate surface area is 289 Å². The van der Waals surface area contributed by atoms with Crippen LogP contribution in [-0.2, 0) is 0 Å². The van der Waals surface area contributed by atoms with Gasteiger partial charge in [-0.3, -0.25) is 9.97 Å². The van der Waals surface area contributed by atoms with Crippen molar-refractivity contribution in [3.05, 3.63) is 182 Å². The molecule has 0 saturated heterocycles. The summed E-state index contributed by atoms with van der Waals surface area (Å²) >= 11 is 0. The highest BCUT2D eigenvalue weighted by Gasteiger charge is 2.16. The summed E-state index contributed by atoms with van der Waals surface area (Å²) in [4.78, 5) is 9.11. The number of hydrogen-bond acceptors (Lipinski definition) is 2. The van der Waals surface area contributed by atoms with E-state index in [0.717, 1.165) is 33.9 Å². The number of pyridine rings is 2. The van der Waals surface area contributed by atoms with Gasteiger partial charge in [-0.2, -0.15) is 0 Å². The highest BCUT2D eigenvalue weighted by molar-refractivity contribution is 6.12. The van der Waals surface area contributed by atoms with E-state index in [-0.39, 0.29) is 0 Å². The van der Waals surface area contributed by atoms with Crippen LogP contribution in [0.4, 0.5) is 0 Å². The molecule has 0 amide bonds. The maximum absolute atomic E-state index is 4.55. The monoisotopic (exact) mass is 638 g/mol. The molecule has 0 spiro atoms. The Morgan fingerprint density at radius 3 is 1.10 bits per heavy atom. The highest BCUT2D eigenvalue weighted by Crippen LogP contribution is 2.38. The Morgan fingerprint density at radius 1 is 0.300 bits per heavy atom. The minimum atomic E-state index is 0.973. The predicted molar refractivity (Wildman–Crippen MR) is 207 cm³/mol. The second kappa shape index (κ2) is 11.4. The van der Waals surface area contributed by atoms with Crippen LogP contribution in [0.25, 0.3) is 88.6 Å². The van der Waals surface area contributed by atoms with E-state index in [4.69, 9.17) is 0 Å². The van der Waals surface area contributed by atoms with Crippen molar-refractivity contribution < 1.29 is 0 Å². The maximum atomic E-state index is 4.55. The molecule has 0 aliphatic rings. The molecule has 0 atom stereocenters. The average molecular weight is 639 g/mol. The summed E-state index contributed by atoms with van der Waals surface area (Å²) in [5, 5.41) is 4.96. The van der Waals surface area contributed by atoms with Gasteiger partial charge in [-0.05, 0) is 83.9 Å². The molecule has 0 unspecified atom stereocenters. The van der Waals surface area contributed by atoms with Crippen molar-refractivity contribution in [3.63, 3.8) is 0 Å². The first-order valence-electron chi connectivity index (χ1n) is 16.9. The third kappa shape index (κ3) is 4.54. The van der Waals surface area contributed by atoms with Crippen molar-refractivity contribution in [3.8, 4) is 45.0 Å². The molecule has 0 bridgehead atoms. The summed E-state index contributed by atoms with van der Waals surface area (Å²) < 4.78 is 4.77. The van der Waals surface area contributed by atoms with Gasteiger partial charge >= 0.3 is 0 Å². The van der Waals surface area contributed by atoms with Crippen molar-refractivity contribution in [1.82, 2.24) is 19.1 Å². The molecule has 4 heterocycles. The molecule has 0 radical (unpaired) electrons. The molecule has 0 aliphatic carbocycles. The van der Waals surface area contributed by atoms with E-state index in [0.29, 0.717) is 0 Å². The molecule has 0 N–H and O–H groups in total. The zero-order valence-electron chi connectivity index (χ0n) is 27.1. The minimum Gasteiger partial charge on any atom is -0.309 e. The Balaban J connectivity index is 1.13. The van der Waals surface area contributed by atoms with Crippen molar-refractivity contribution in [2.24, 2.45) is 0 Å². The third-order valence-electron chi connectivity index (χ3n) is 9.85. The lowest BCUT2D eigenvalue weighted by Crippen LogP contribution is -1.95. The Kier molecular flexibility index (Phi) is 6.46. The molecule has 4 aromatic heterocycles. The molecule has 50 heavy (non-hydrogen) atoms. The highest BCUT2D eigenvalue weighted by atomic mass is 15.0. The molecule has 0 aliphatic heterocycles. The Hall–Kier alpha value is -6.78. The molecule has 10 aromatic rings. The number of fused-ring (bicyclic) bond motifs is 6. The van der Waals surface area contributed by atoms with Crippen molar-refractivity contribution in [2.45, 2.75) is 0 Å². The normalized spacial score (nSPS) is 11.6. The first kappa shape index (κ1) is 28.3. The largest absolute Gasteiger partial charge is 0.309 e. The second-order valence-corrected chi connectivity index (χ2v) is 12.7. The van der Waals surface area contributed by atoms with Crippen molar-refractivity contribution in [1.29, 1.82) is 0 Å². The summed E-state index contributed by atoms with van der Waals surface area (Å²) in [5.41, 5.74) is 13.5. The fourth-order valence-electron chi connectivity index (χ4n) is 7.49. The van der Waals surface area contributed by atoms with E-state index in [9.17, 15) is 0 Å². The topological polar surface area (TPSA) is 35.6 Å². The van der Waals surface area contributed by atoms with E-state index < -0.39 is 0 Å². The first-order valence-corrected chi connectivity index (χ1v) is 16.9. The summed E-state index contributed by atoms with van der Waals surface area (Å²) in [7, 11) is 0. The molecular weight excluding hydrogens is 609 g/mol. The third-order valence-corrected chi connectivity index (χ3v) is 9.85. The SMILES string of the molecule is c1ccc(-c2ccc(-n3c4ccccc4c4ccc(-c5ccc6c7ccccc7n(-c7ccc(-c8ccccn8)cc7)c6c5)cc43)cc2)nc1. The fraction of sp³-hybridized carbons (Fsp3) is 0. The summed E-state index contributed by atoms with van der Waals surface area (Å²) in [6.07, 6.45) is 3.68. The van der Waals surface area contributed by atoms with Crippen LogP contribution in [-0.4, -0.2) is 19.1 Å². The van der Waals surface area contributed by atoms with Gasteiger partial charge in [0.15, 0.2) is 0 Å². The molecule has 0 fully saturated rings. The minimum absolute atomic E-state index is 0.973. The number of benzene rings is 6. The van der Waals surface area contributed by atoms with Gasteiger partial charge in [0.1, 0.15) is 0 Å². The van der Waals surface area contributed by atoms with Crippen LogP contribution < -0.4 is 0 Å². The van der Waals surface area contributed by atoms with Crippen LogP contribution in [0.5, 0.6) is 0 Å². The van der Waals surface area contributed by atoms with Crippen molar-refractivity contribution >= 4 is 43.6 Å². The van der Waals surface area contributed by atoms with Crippen LogP contribution in [0.15, 0.2) is 182 Å². The Morgan fingerprint density at radius 2 is 0.680 bits per heavy atom. The number of nitrogens with zero attached hydrogens (tertiary/aromatic N) is 4. The second-order valence-electron chi connectivity index (χ2n) is 12.7. The van der Waals surface area contributed by atoms with Crippen LogP contribution in [0, 0.1) is 0 Å². The summed E-state index contributed by atoms with van der Waals surface area (Å²) in [6.45, 7) is 0. The molecule has 4 heteroatoms. The number of rotatable bonds is 5. The first-order chi connectivity index (χ1) is 24.8. The maximum Gasteiger partial charge on any atom is 0.0701 e. The molecule has 234 valence electrons. The van der Waals surface area contributed by atoms with Crippen LogP contribution in [0.2, 0.25) is 0 Å². The van der Waals surface area contributed by atoms with Gasteiger partial charge in [0.25, 0.3) is 0 Å². The van der Waals surface area contributed by atoms with Gasteiger partial charge in [0.05, 0.1) is 33.5 Å². The van der Waals surface area contributed by atoms with Crippen LogP contribution in [0.1, 0.15) is 0 Å². The lowest BCUT2D eigenvalue weighted by Gasteiger charge is -2.11. The smallest absolute Gasteiger partial charge is 0.0701 e. The van der Waals surface area contributed by atoms with Gasteiger partial charge in [0, 0.05) is 56.4 Å². The zero-order valence-corrected chi connectivity index (χ0v) is 27.1. The number of aromatic nitrogens is 4. The van der Waals surface area contributed by atoms with E-state index in [1.807, 2.05) is 36.7 Å². The summed E-state index contributed by atoms with van der Waals surface area (Å²) in [5.74, 6) is 0. The van der Waals surface area contributed by atoms with Gasteiger partial charge < -0.3 is 9.13 Å². The predicted octanol–water partition coefficient (Wildman–Crippen LogP) is 11.7. The van der Waals surface area contributed by atoms with Gasteiger partial charge in [-0.15, -0.1) is 0 Å². The molecule has 0 saturated carbocycles. The quantitative estimate of drug-likeness (QED) is 0.188. The van der Waals surface area contributed by atoms with Gasteiger partial charge in [0.2, 0.25) is 0 Å². The standard InChI is InChI=1S/C46H30N4/c1-3-13-43-37(9-1)39-25-19-33(29-45(39)49(43)35-21-15-31(16-22-35)41-11-5-7-27-47-41)34-20-26-40-38-10-2-4-14-44(38)50(46(40)30-34)36-23-17-32(18-24-36)42-12-6-8-28-48-42/h1-30H. The van der Waals surface area contributed by atoms with Crippen LogP contribution in [0.3, 0.4) is 0 Å². The zero-order chi connectivity index (χ0) is 33.0. The van der Waals surface area contributed by atoms with Crippen LogP contribution >= 0.6 is 0 Å². The molecule has 10 rings (SSSR count). The lowest BCUT2D eigenvalue weighted by atomic mass is 10.0.